The molecule has 0 amide bonds. The number of hydrogen-bond donors (Lipinski definition) is 1. The quantitative estimate of drug-likeness (QED) is 0.866. The molecule has 0 saturated carbocycles. The van der Waals surface area contributed by atoms with Crippen molar-refractivity contribution in [3.8, 4) is 0 Å². The molecule has 2 aromatic rings. The number of hydrogen-bond acceptors (Lipinski definition) is 2. The number of aromatic nitrogens is 1. The maximum Gasteiger partial charge on any atom is 0.312 e. The van der Waals surface area contributed by atoms with E-state index in [0.717, 1.165) is 14.5 Å². The van der Waals surface area contributed by atoms with Gasteiger partial charge in [0.15, 0.2) is 0 Å². The van der Waals surface area contributed by atoms with Crippen LogP contribution in [-0.4, -0.2) is 16.1 Å². The van der Waals surface area contributed by atoms with Crippen molar-refractivity contribution in [2.24, 2.45) is 0 Å². The molecule has 98 valence electrons. The summed E-state index contributed by atoms with van der Waals surface area (Å²) in [5.74, 6) is -1.49. The third-order valence-electron chi connectivity index (χ3n) is 2.76. The molecule has 0 saturated heterocycles. The summed E-state index contributed by atoms with van der Waals surface area (Å²) in [4.78, 5) is 15.6. The first-order chi connectivity index (χ1) is 9.06. The Morgan fingerprint density at radius 2 is 1.74 bits per heavy atom. The van der Waals surface area contributed by atoms with Gasteiger partial charge in [-0.2, -0.15) is 0 Å². The molecule has 0 fully saturated rings. The highest BCUT2D eigenvalue weighted by Crippen LogP contribution is 2.22. The standard InChI is InChI=1S/C14H11Br2NO2/c15-10-3-1-9(2-4-10)7-12(14(18)19)13-6-5-11(16)8-17-13/h1-6,8,12H,7H2,(H,18,19). The number of carboxylic acids is 1. The molecular formula is C14H11Br2NO2. The van der Waals surface area contributed by atoms with Crippen molar-refractivity contribution in [1.82, 2.24) is 4.98 Å². The summed E-state index contributed by atoms with van der Waals surface area (Å²) in [6.07, 6.45) is 2.05. The van der Waals surface area contributed by atoms with Crippen molar-refractivity contribution < 1.29 is 9.90 Å². The van der Waals surface area contributed by atoms with Crippen LogP contribution in [-0.2, 0) is 11.2 Å². The Kier molecular flexibility index (Phi) is 4.71. The van der Waals surface area contributed by atoms with Gasteiger partial charge in [-0.15, -0.1) is 0 Å². The average Bonchev–Trinajstić information content (AvgIpc) is 2.39. The molecule has 1 atom stereocenters. The van der Waals surface area contributed by atoms with Gasteiger partial charge in [0.25, 0.3) is 0 Å². The van der Waals surface area contributed by atoms with Crippen LogP contribution in [0.25, 0.3) is 0 Å². The number of halogens is 2. The molecule has 1 N–H and O–H groups in total. The zero-order valence-corrected chi connectivity index (χ0v) is 13.1. The Bertz CT molecular complexity index is 567. The lowest BCUT2D eigenvalue weighted by molar-refractivity contribution is -0.138. The molecular weight excluding hydrogens is 374 g/mol. The minimum Gasteiger partial charge on any atom is -0.481 e. The summed E-state index contributed by atoms with van der Waals surface area (Å²) in [5.41, 5.74) is 1.54. The summed E-state index contributed by atoms with van der Waals surface area (Å²) >= 11 is 6.65. The Balaban J connectivity index is 2.23. The van der Waals surface area contributed by atoms with E-state index in [1.807, 2.05) is 24.3 Å². The fourth-order valence-electron chi connectivity index (χ4n) is 1.77. The number of pyridine rings is 1. The van der Waals surface area contributed by atoms with Gasteiger partial charge in [0.2, 0.25) is 0 Å². The second-order valence-corrected chi connectivity index (χ2v) is 5.95. The van der Waals surface area contributed by atoms with Crippen LogP contribution in [0.4, 0.5) is 0 Å². The van der Waals surface area contributed by atoms with Crippen LogP contribution < -0.4 is 0 Å². The van der Waals surface area contributed by atoms with Crippen LogP contribution in [0.1, 0.15) is 17.2 Å². The number of carboxylic acid groups (broad SMARTS) is 1. The summed E-state index contributed by atoms with van der Waals surface area (Å²) < 4.78 is 1.81. The van der Waals surface area contributed by atoms with Gasteiger partial charge in [0, 0.05) is 15.1 Å². The summed E-state index contributed by atoms with van der Waals surface area (Å²) in [6, 6.07) is 11.2. The molecule has 0 aliphatic carbocycles. The highest BCUT2D eigenvalue weighted by Gasteiger charge is 2.21. The molecule has 0 bridgehead atoms. The van der Waals surface area contributed by atoms with E-state index >= 15 is 0 Å². The lowest BCUT2D eigenvalue weighted by Crippen LogP contribution is -2.15. The summed E-state index contributed by atoms with van der Waals surface area (Å²) in [5, 5.41) is 9.35. The van der Waals surface area contributed by atoms with Gasteiger partial charge in [-0.05, 0) is 52.2 Å². The van der Waals surface area contributed by atoms with E-state index in [1.54, 1.807) is 18.3 Å². The minimum atomic E-state index is -0.863. The van der Waals surface area contributed by atoms with Crippen molar-refractivity contribution in [3.05, 3.63) is 62.8 Å². The molecule has 19 heavy (non-hydrogen) atoms. The fraction of sp³-hybridized carbons (Fsp3) is 0.143. The molecule has 0 spiro atoms. The monoisotopic (exact) mass is 383 g/mol. The number of aliphatic carboxylic acids is 1. The Morgan fingerprint density at radius 1 is 1.11 bits per heavy atom. The van der Waals surface area contributed by atoms with Gasteiger partial charge in [0.1, 0.15) is 5.92 Å². The minimum absolute atomic E-state index is 0.428. The molecule has 1 unspecified atom stereocenters. The van der Waals surface area contributed by atoms with Crippen LogP contribution in [0.15, 0.2) is 51.5 Å². The normalized spacial score (nSPS) is 12.1. The Labute approximate surface area is 127 Å². The molecule has 2 rings (SSSR count). The second kappa shape index (κ2) is 6.30. The van der Waals surface area contributed by atoms with Gasteiger partial charge in [-0.1, -0.05) is 28.1 Å². The van der Waals surface area contributed by atoms with Gasteiger partial charge in [-0.25, -0.2) is 0 Å². The van der Waals surface area contributed by atoms with E-state index in [9.17, 15) is 9.90 Å². The third-order valence-corrected chi connectivity index (χ3v) is 3.76. The van der Waals surface area contributed by atoms with Crippen molar-refractivity contribution in [1.29, 1.82) is 0 Å². The highest BCUT2D eigenvalue weighted by atomic mass is 79.9. The zero-order chi connectivity index (χ0) is 13.8. The first kappa shape index (κ1) is 14.2. The van der Waals surface area contributed by atoms with Crippen molar-refractivity contribution in [2.75, 3.05) is 0 Å². The number of benzene rings is 1. The Hall–Kier alpha value is -1.20. The van der Waals surface area contributed by atoms with Crippen molar-refractivity contribution >= 4 is 37.8 Å². The molecule has 1 aromatic heterocycles. The highest BCUT2D eigenvalue weighted by molar-refractivity contribution is 9.10. The smallest absolute Gasteiger partial charge is 0.312 e. The predicted octanol–water partition coefficient (Wildman–Crippen LogP) is 4.02. The van der Waals surface area contributed by atoms with Crippen LogP contribution in [0.2, 0.25) is 0 Å². The average molecular weight is 385 g/mol. The molecule has 5 heteroatoms. The lowest BCUT2D eigenvalue weighted by atomic mass is 9.96. The largest absolute Gasteiger partial charge is 0.481 e. The van der Waals surface area contributed by atoms with Crippen LogP contribution in [0, 0.1) is 0 Å². The first-order valence-corrected chi connectivity index (χ1v) is 7.23. The predicted molar refractivity (Wildman–Crippen MR) is 80.2 cm³/mol. The van der Waals surface area contributed by atoms with Gasteiger partial charge in [0.05, 0.1) is 5.69 Å². The topological polar surface area (TPSA) is 50.2 Å². The van der Waals surface area contributed by atoms with Crippen LogP contribution >= 0.6 is 31.9 Å². The van der Waals surface area contributed by atoms with Crippen LogP contribution in [0.3, 0.4) is 0 Å². The van der Waals surface area contributed by atoms with Gasteiger partial charge < -0.3 is 5.11 Å². The van der Waals surface area contributed by atoms with Crippen LogP contribution in [0.5, 0.6) is 0 Å². The SMILES string of the molecule is O=C(O)C(Cc1ccc(Br)cc1)c1ccc(Br)cn1. The van der Waals surface area contributed by atoms with Crippen molar-refractivity contribution in [3.63, 3.8) is 0 Å². The van der Waals surface area contributed by atoms with Crippen molar-refractivity contribution in [2.45, 2.75) is 12.3 Å². The maximum absolute atomic E-state index is 11.4. The van der Waals surface area contributed by atoms with E-state index in [-0.39, 0.29) is 0 Å². The molecule has 0 aliphatic heterocycles. The molecule has 3 nitrogen and oxygen atoms in total. The number of carbonyl (C=O) groups is 1. The second-order valence-electron chi connectivity index (χ2n) is 4.12. The van der Waals surface area contributed by atoms with E-state index in [1.165, 1.54) is 0 Å². The third kappa shape index (κ3) is 3.88. The number of nitrogens with zero attached hydrogens (tertiary/aromatic N) is 1. The van der Waals surface area contributed by atoms with Gasteiger partial charge >= 0.3 is 5.97 Å². The van der Waals surface area contributed by atoms with E-state index in [4.69, 9.17) is 0 Å². The van der Waals surface area contributed by atoms with E-state index in [0.29, 0.717) is 12.1 Å². The molecule has 0 aliphatic rings. The summed E-state index contributed by atoms with van der Waals surface area (Å²) in [6.45, 7) is 0. The maximum atomic E-state index is 11.4. The van der Waals surface area contributed by atoms with E-state index < -0.39 is 11.9 Å². The first-order valence-electron chi connectivity index (χ1n) is 5.65. The van der Waals surface area contributed by atoms with Gasteiger partial charge in [-0.3, -0.25) is 9.78 Å². The lowest BCUT2D eigenvalue weighted by Gasteiger charge is -2.12. The Morgan fingerprint density at radius 3 is 2.26 bits per heavy atom. The zero-order valence-electron chi connectivity index (χ0n) is 9.88. The number of rotatable bonds is 4. The summed E-state index contributed by atoms with van der Waals surface area (Å²) in [7, 11) is 0. The fourth-order valence-corrected chi connectivity index (χ4v) is 2.27. The molecule has 1 aromatic carbocycles. The molecule has 1 heterocycles. The van der Waals surface area contributed by atoms with E-state index in [2.05, 4.69) is 36.8 Å². The molecule has 0 radical (unpaired) electrons.